The van der Waals surface area contributed by atoms with Crippen molar-refractivity contribution in [3.63, 3.8) is 0 Å². The van der Waals surface area contributed by atoms with E-state index < -0.39 is 0 Å². The summed E-state index contributed by atoms with van der Waals surface area (Å²) in [4.78, 5) is 11.6. The van der Waals surface area contributed by atoms with E-state index in [-0.39, 0.29) is 0 Å². The SMILES string of the molecule is CCCc1nc(NN)cc(N(CCC(C)C)C2CC2)n1. The Morgan fingerprint density at radius 3 is 2.70 bits per heavy atom. The number of aryl methyl sites for hydroxylation is 1. The number of rotatable bonds is 8. The summed E-state index contributed by atoms with van der Waals surface area (Å²) in [6.45, 7) is 7.73. The average molecular weight is 277 g/mol. The van der Waals surface area contributed by atoms with Crippen LogP contribution in [0.25, 0.3) is 0 Å². The fourth-order valence-electron chi connectivity index (χ4n) is 2.31. The van der Waals surface area contributed by atoms with Gasteiger partial charge in [0.1, 0.15) is 17.5 Å². The summed E-state index contributed by atoms with van der Waals surface area (Å²) in [5.41, 5.74) is 2.67. The Kier molecular flexibility index (Phi) is 5.17. The molecule has 1 aromatic rings. The molecule has 0 bridgehead atoms. The van der Waals surface area contributed by atoms with E-state index in [9.17, 15) is 0 Å². The van der Waals surface area contributed by atoms with E-state index in [1.807, 2.05) is 6.07 Å². The number of nitrogens with two attached hydrogens (primary N) is 1. The molecule has 3 N–H and O–H groups in total. The number of hydrogen-bond acceptors (Lipinski definition) is 5. The lowest BCUT2D eigenvalue weighted by Crippen LogP contribution is -2.29. The van der Waals surface area contributed by atoms with Gasteiger partial charge in [-0.25, -0.2) is 15.8 Å². The maximum absolute atomic E-state index is 5.54. The normalized spacial score (nSPS) is 14.7. The summed E-state index contributed by atoms with van der Waals surface area (Å²) in [7, 11) is 0. The number of nitrogens with zero attached hydrogens (tertiary/aromatic N) is 3. The average Bonchev–Trinajstić information content (AvgIpc) is 3.23. The van der Waals surface area contributed by atoms with Crippen molar-refractivity contribution in [2.75, 3.05) is 16.9 Å². The van der Waals surface area contributed by atoms with E-state index in [0.717, 1.165) is 31.0 Å². The second-order valence-electron chi connectivity index (χ2n) is 6.03. The molecule has 1 aliphatic rings. The molecule has 0 spiro atoms. The van der Waals surface area contributed by atoms with Gasteiger partial charge >= 0.3 is 0 Å². The number of nitrogens with one attached hydrogen (secondary N) is 1. The highest BCUT2D eigenvalue weighted by Crippen LogP contribution is 2.32. The Morgan fingerprint density at radius 1 is 1.40 bits per heavy atom. The quantitative estimate of drug-likeness (QED) is 0.565. The van der Waals surface area contributed by atoms with Crippen LogP contribution in [0.2, 0.25) is 0 Å². The number of hydrazine groups is 1. The van der Waals surface area contributed by atoms with E-state index in [0.29, 0.717) is 17.8 Å². The molecule has 0 aromatic carbocycles. The zero-order valence-electron chi connectivity index (χ0n) is 12.9. The van der Waals surface area contributed by atoms with Crippen LogP contribution in [0.15, 0.2) is 6.07 Å². The molecule has 112 valence electrons. The zero-order chi connectivity index (χ0) is 14.5. The van der Waals surface area contributed by atoms with Gasteiger partial charge in [-0.1, -0.05) is 20.8 Å². The van der Waals surface area contributed by atoms with E-state index in [1.54, 1.807) is 0 Å². The minimum atomic E-state index is 0.656. The van der Waals surface area contributed by atoms with Crippen molar-refractivity contribution in [2.24, 2.45) is 11.8 Å². The van der Waals surface area contributed by atoms with Gasteiger partial charge in [-0.05, 0) is 31.6 Å². The second kappa shape index (κ2) is 6.88. The first-order chi connectivity index (χ1) is 9.63. The Bertz CT molecular complexity index is 428. The zero-order valence-corrected chi connectivity index (χ0v) is 12.9. The van der Waals surface area contributed by atoms with Gasteiger partial charge in [0.15, 0.2) is 0 Å². The van der Waals surface area contributed by atoms with Crippen LogP contribution in [0, 0.1) is 5.92 Å². The molecule has 0 aliphatic heterocycles. The predicted molar refractivity (Wildman–Crippen MR) is 83.7 cm³/mol. The van der Waals surface area contributed by atoms with Crippen LogP contribution >= 0.6 is 0 Å². The van der Waals surface area contributed by atoms with Crippen molar-refractivity contribution in [3.05, 3.63) is 11.9 Å². The minimum absolute atomic E-state index is 0.656. The summed E-state index contributed by atoms with van der Waals surface area (Å²) in [5.74, 6) is 8.87. The first-order valence-electron chi connectivity index (χ1n) is 7.75. The van der Waals surface area contributed by atoms with E-state index >= 15 is 0 Å². The first-order valence-corrected chi connectivity index (χ1v) is 7.75. The highest BCUT2D eigenvalue weighted by molar-refractivity contribution is 5.50. The summed E-state index contributed by atoms with van der Waals surface area (Å²) < 4.78 is 0. The van der Waals surface area contributed by atoms with Gasteiger partial charge in [0, 0.05) is 25.1 Å². The lowest BCUT2D eigenvalue weighted by atomic mass is 10.1. The molecule has 0 unspecified atom stereocenters. The fraction of sp³-hybridized carbons (Fsp3) is 0.733. The topological polar surface area (TPSA) is 67.1 Å². The largest absolute Gasteiger partial charge is 0.353 e. The predicted octanol–water partition coefficient (Wildman–Crippen LogP) is 2.73. The van der Waals surface area contributed by atoms with Gasteiger partial charge in [-0.3, -0.25) is 0 Å². The fourth-order valence-corrected chi connectivity index (χ4v) is 2.31. The lowest BCUT2D eigenvalue weighted by Gasteiger charge is -2.25. The molecular formula is C15H27N5. The summed E-state index contributed by atoms with van der Waals surface area (Å²) in [6.07, 6.45) is 5.68. The maximum Gasteiger partial charge on any atom is 0.145 e. The standard InChI is InChI=1S/C15H27N5/c1-4-5-13-17-14(19-16)10-15(18-13)20(12-6-7-12)9-8-11(2)3/h10-12H,4-9,16H2,1-3H3,(H,17,18,19). The van der Waals surface area contributed by atoms with Crippen molar-refractivity contribution in [1.82, 2.24) is 9.97 Å². The molecule has 2 rings (SSSR count). The highest BCUT2D eigenvalue weighted by Gasteiger charge is 2.30. The van der Waals surface area contributed by atoms with Crippen LogP contribution in [-0.4, -0.2) is 22.6 Å². The third-order valence-corrected chi connectivity index (χ3v) is 3.61. The Hall–Kier alpha value is -1.36. The van der Waals surface area contributed by atoms with Crippen LogP contribution in [-0.2, 0) is 6.42 Å². The highest BCUT2D eigenvalue weighted by atomic mass is 15.3. The van der Waals surface area contributed by atoms with Crippen LogP contribution < -0.4 is 16.2 Å². The molecule has 0 atom stereocenters. The smallest absolute Gasteiger partial charge is 0.145 e. The van der Waals surface area contributed by atoms with Gasteiger partial charge in [-0.15, -0.1) is 0 Å². The van der Waals surface area contributed by atoms with Gasteiger partial charge in [0.05, 0.1) is 0 Å². The summed E-state index contributed by atoms with van der Waals surface area (Å²) in [5, 5.41) is 0. The molecule has 0 saturated heterocycles. The number of anilines is 2. The number of hydrogen-bond donors (Lipinski definition) is 2. The molecule has 0 radical (unpaired) electrons. The third kappa shape index (κ3) is 4.07. The summed E-state index contributed by atoms with van der Waals surface area (Å²) >= 11 is 0. The van der Waals surface area contributed by atoms with Crippen LogP contribution in [0.4, 0.5) is 11.6 Å². The third-order valence-electron chi connectivity index (χ3n) is 3.61. The lowest BCUT2D eigenvalue weighted by molar-refractivity contribution is 0.567. The monoisotopic (exact) mass is 277 g/mol. The van der Waals surface area contributed by atoms with Gasteiger partial charge in [0.2, 0.25) is 0 Å². The molecule has 0 amide bonds. The Morgan fingerprint density at radius 2 is 2.15 bits per heavy atom. The molecule has 1 aliphatic carbocycles. The molecule has 1 aromatic heterocycles. The van der Waals surface area contributed by atoms with Crippen molar-refractivity contribution >= 4 is 11.6 Å². The Labute approximate surface area is 121 Å². The second-order valence-corrected chi connectivity index (χ2v) is 6.03. The van der Waals surface area contributed by atoms with E-state index in [2.05, 4.69) is 36.1 Å². The van der Waals surface area contributed by atoms with Crippen LogP contribution in [0.1, 0.15) is 52.3 Å². The molecular weight excluding hydrogens is 250 g/mol. The maximum atomic E-state index is 5.54. The van der Waals surface area contributed by atoms with Crippen molar-refractivity contribution in [1.29, 1.82) is 0 Å². The molecule has 1 saturated carbocycles. The van der Waals surface area contributed by atoms with Crippen LogP contribution in [0.5, 0.6) is 0 Å². The number of aromatic nitrogens is 2. The van der Waals surface area contributed by atoms with Gasteiger partial charge < -0.3 is 10.3 Å². The van der Waals surface area contributed by atoms with Gasteiger partial charge in [-0.2, -0.15) is 0 Å². The van der Waals surface area contributed by atoms with E-state index in [1.165, 1.54) is 19.3 Å². The minimum Gasteiger partial charge on any atom is -0.353 e. The summed E-state index contributed by atoms with van der Waals surface area (Å²) in [6, 6.07) is 2.63. The molecule has 1 heterocycles. The first kappa shape index (κ1) is 15.0. The van der Waals surface area contributed by atoms with E-state index in [4.69, 9.17) is 10.8 Å². The van der Waals surface area contributed by atoms with Crippen molar-refractivity contribution in [3.8, 4) is 0 Å². The molecule has 20 heavy (non-hydrogen) atoms. The van der Waals surface area contributed by atoms with Crippen molar-refractivity contribution < 1.29 is 0 Å². The Balaban J connectivity index is 2.19. The number of nitrogen functional groups attached to an aromatic ring is 1. The van der Waals surface area contributed by atoms with Crippen molar-refractivity contribution in [2.45, 2.75) is 58.9 Å². The molecule has 5 nitrogen and oxygen atoms in total. The molecule has 5 heteroatoms. The van der Waals surface area contributed by atoms with Gasteiger partial charge in [0.25, 0.3) is 0 Å². The van der Waals surface area contributed by atoms with Crippen LogP contribution in [0.3, 0.4) is 0 Å². The molecule has 1 fully saturated rings.